The van der Waals surface area contributed by atoms with Crippen molar-refractivity contribution in [1.82, 2.24) is 0 Å². The molecule has 0 radical (unpaired) electrons. The van der Waals surface area contributed by atoms with E-state index in [0.717, 1.165) is 5.54 Å². The van der Waals surface area contributed by atoms with Gasteiger partial charge in [0.15, 0.2) is 0 Å². The molecule has 2 rings (SSSR count). The van der Waals surface area contributed by atoms with E-state index in [2.05, 4.69) is 50.4 Å². The largest absolute Gasteiger partial charge is 4.00 e. The third kappa shape index (κ3) is 1.95. The summed E-state index contributed by atoms with van der Waals surface area (Å²) in [5, 5.41) is 0. The Hall–Kier alpha value is -0.109. The second-order valence-electron chi connectivity index (χ2n) is 4.24. The number of allylic oxidation sites excluding steroid dienone is 1. The van der Waals surface area contributed by atoms with Crippen molar-refractivity contribution in [1.29, 1.82) is 0 Å². The maximum absolute atomic E-state index is 2.43. The van der Waals surface area contributed by atoms with Gasteiger partial charge in [-0.25, -0.2) is 0 Å². The average molecular weight is 236 g/mol. The Balaban J connectivity index is 0.000000980. The van der Waals surface area contributed by atoms with Crippen LogP contribution in [-0.2, 0) is 21.7 Å². The molecule has 0 spiro atoms. The molecule has 0 aromatic heterocycles. The van der Waals surface area contributed by atoms with Gasteiger partial charge in [-0.15, -0.1) is 0 Å². The molecular weight excluding hydrogens is 220 g/mol. The fraction of sp³-hybridized carbons (Fsp3) is 0.333. The summed E-state index contributed by atoms with van der Waals surface area (Å²) in [6.07, 6.45) is 2.35. The third-order valence-corrected chi connectivity index (χ3v) is 5.09. The van der Waals surface area contributed by atoms with Crippen molar-refractivity contribution in [2.45, 2.75) is 25.6 Å². The summed E-state index contributed by atoms with van der Waals surface area (Å²) >= 11 is 0. The molecule has 1 atom stereocenters. The van der Waals surface area contributed by atoms with Crippen LogP contribution in [0.2, 0.25) is 13.1 Å². The van der Waals surface area contributed by atoms with Crippen LogP contribution in [0.15, 0.2) is 29.8 Å². The fourth-order valence-electron chi connectivity index (χ4n) is 2.39. The van der Waals surface area contributed by atoms with Gasteiger partial charge in [-0.05, 0) is 23.6 Å². The summed E-state index contributed by atoms with van der Waals surface area (Å²) < 4.78 is 0. The van der Waals surface area contributed by atoms with Gasteiger partial charge in [-0.1, -0.05) is 49.0 Å². The zero-order valence-electron chi connectivity index (χ0n) is 9.04. The van der Waals surface area contributed by atoms with Gasteiger partial charge >= 0.3 is 21.7 Å². The predicted octanol–water partition coefficient (Wildman–Crippen LogP) is 3.21. The quantitative estimate of drug-likeness (QED) is 0.657. The third-order valence-electron chi connectivity index (χ3n) is 2.87. The van der Waals surface area contributed by atoms with Crippen molar-refractivity contribution in [3.8, 4) is 0 Å². The molecule has 2 heteroatoms. The standard InChI is InChI=1S/C12H16Si.Ti/c1-9-8-10-6-4-5-7-11(10)12(9)13(2)3;/h4-8,12-13H,1-3H3;/q;+4. The number of rotatable bonds is 1. The monoisotopic (exact) mass is 236 g/mol. The first-order chi connectivity index (χ1) is 6.20. The topological polar surface area (TPSA) is 0 Å². The van der Waals surface area contributed by atoms with E-state index in [1.807, 2.05) is 0 Å². The van der Waals surface area contributed by atoms with Crippen LogP contribution in [-0.4, -0.2) is 8.80 Å². The first-order valence-electron chi connectivity index (χ1n) is 4.97. The van der Waals surface area contributed by atoms with Crippen molar-refractivity contribution >= 4 is 14.9 Å². The van der Waals surface area contributed by atoms with Crippen LogP contribution in [0.4, 0.5) is 0 Å². The van der Waals surface area contributed by atoms with E-state index in [9.17, 15) is 0 Å². The number of benzene rings is 1. The first-order valence-corrected chi connectivity index (χ1v) is 7.95. The smallest absolute Gasteiger partial charge is 0.0714 e. The number of hydrogen-bond acceptors (Lipinski definition) is 0. The van der Waals surface area contributed by atoms with Gasteiger partial charge in [0, 0.05) is 8.80 Å². The molecule has 0 N–H and O–H groups in total. The predicted molar refractivity (Wildman–Crippen MR) is 61.7 cm³/mol. The maximum atomic E-state index is 2.43. The minimum Gasteiger partial charge on any atom is -0.0714 e. The molecule has 1 aromatic rings. The minimum atomic E-state index is -0.586. The van der Waals surface area contributed by atoms with E-state index in [0.29, 0.717) is 0 Å². The molecule has 0 nitrogen and oxygen atoms in total. The van der Waals surface area contributed by atoms with Gasteiger partial charge in [0.25, 0.3) is 0 Å². The van der Waals surface area contributed by atoms with Gasteiger partial charge < -0.3 is 0 Å². The molecule has 14 heavy (non-hydrogen) atoms. The second kappa shape index (κ2) is 4.61. The molecule has 0 heterocycles. The van der Waals surface area contributed by atoms with Gasteiger partial charge in [-0.2, -0.15) is 0 Å². The molecule has 0 aliphatic heterocycles. The van der Waals surface area contributed by atoms with Crippen LogP contribution >= 0.6 is 0 Å². The fourth-order valence-corrected chi connectivity index (χ4v) is 4.56. The summed E-state index contributed by atoms with van der Waals surface area (Å²) in [6, 6.07) is 8.82. The van der Waals surface area contributed by atoms with Crippen LogP contribution in [0.1, 0.15) is 23.6 Å². The van der Waals surface area contributed by atoms with Gasteiger partial charge in [0.2, 0.25) is 0 Å². The molecule has 0 bridgehead atoms. The zero-order valence-corrected chi connectivity index (χ0v) is 11.8. The Morgan fingerprint density at radius 1 is 1.14 bits per heavy atom. The van der Waals surface area contributed by atoms with E-state index < -0.39 is 8.80 Å². The van der Waals surface area contributed by atoms with E-state index in [4.69, 9.17) is 0 Å². The molecule has 1 aliphatic rings. The SMILES string of the molecule is CC1=Cc2ccccc2C1[SiH](C)C.[Ti+4]. The number of fused-ring (bicyclic) bond motifs is 1. The molecular formula is C12H16SiTi+4. The Bertz CT molecular complexity index is 355. The molecule has 0 fully saturated rings. The molecule has 0 amide bonds. The van der Waals surface area contributed by atoms with E-state index in [1.165, 1.54) is 5.56 Å². The van der Waals surface area contributed by atoms with E-state index in [1.54, 1.807) is 11.1 Å². The van der Waals surface area contributed by atoms with E-state index in [-0.39, 0.29) is 21.7 Å². The zero-order chi connectivity index (χ0) is 9.42. The normalized spacial score (nSPS) is 18.9. The molecule has 1 aliphatic carbocycles. The number of hydrogen-bond donors (Lipinski definition) is 0. The van der Waals surface area contributed by atoms with Crippen molar-refractivity contribution in [2.24, 2.45) is 0 Å². The van der Waals surface area contributed by atoms with Crippen LogP contribution in [0.3, 0.4) is 0 Å². The minimum absolute atomic E-state index is 0. The summed E-state index contributed by atoms with van der Waals surface area (Å²) in [6.45, 7) is 7.14. The Kier molecular flexibility index (Phi) is 3.94. The Morgan fingerprint density at radius 3 is 2.43 bits per heavy atom. The van der Waals surface area contributed by atoms with Crippen LogP contribution in [0, 0.1) is 0 Å². The Morgan fingerprint density at radius 2 is 1.79 bits per heavy atom. The molecule has 0 saturated heterocycles. The second-order valence-corrected chi connectivity index (χ2v) is 7.39. The van der Waals surface area contributed by atoms with Crippen molar-refractivity contribution in [2.75, 3.05) is 0 Å². The maximum Gasteiger partial charge on any atom is 4.00 e. The van der Waals surface area contributed by atoms with E-state index >= 15 is 0 Å². The molecule has 68 valence electrons. The van der Waals surface area contributed by atoms with Crippen molar-refractivity contribution in [3.05, 3.63) is 41.0 Å². The molecule has 0 saturated carbocycles. The average Bonchev–Trinajstić information content (AvgIpc) is 2.39. The summed E-state index contributed by atoms with van der Waals surface area (Å²) in [4.78, 5) is 0. The molecule has 1 unspecified atom stereocenters. The van der Waals surface area contributed by atoms with Crippen LogP contribution in [0.25, 0.3) is 6.08 Å². The molecule has 1 aromatic carbocycles. The summed E-state index contributed by atoms with van der Waals surface area (Å²) in [5.74, 6) is 0. The van der Waals surface area contributed by atoms with Crippen LogP contribution < -0.4 is 0 Å². The summed E-state index contributed by atoms with van der Waals surface area (Å²) in [5.41, 5.74) is 5.38. The summed E-state index contributed by atoms with van der Waals surface area (Å²) in [7, 11) is -0.586. The van der Waals surface area contributed by atoms with Crippen LogP contribution in [0.5, 0.6) is 0 Å². The van der Waals surface area contributed by atoms with Gasteiger partial charge in [0.1, 0.15) is 0 Å². The van der Waals surface area contributed by atoms with Gasteiger partial charge in [0.05, 0.1) is 0 Å². The van der Waals surface area contributed by atoms with Crippen molar-refractivity contribution < 1.29 is 21.7 Å². The van der Waals surface area contributed by atoms with Gasteiger partial charge in [-0.3, -0.25) is 0 Å². The first kappa shape index (κ1) is 12.0. The van der Waals surface area contributed by atoms with Crippen molar-refractivity contribution in [3.63, 3.8) is 0 Å². The Labute approximate surface area is 103 Å².